The summed E-state index contributed by atoms with van der Waals surface area (Å²) in [5.74, 6) is 0. The molecule has 1 aromatic carbocycles. The second-order valence-electron chi connectivity index (χ2n) is 5.64. The molecule has 1 fully saturated rings. The predicted molar refractivity (Wildman–Crippen MR) is 83.8 cm³/mol. The van der Waals surface area contributed by atoms with Gasteiger partial charge in [-0.2, -0.15) is 0 Å². The minimum atomic E-state index is -1.19. The van der Waals surface area contributed by atoms with Gasteiger partial charge in [-0.1, -0.05) is 30.3 Å². The van der Waals surface area contributed by atoms with Crippen molar-refractivity contribution < 1.29 is 20.1 Å². The maximum Gasteiger partial charge on any atom is 0.166 e. The maximum atomic E-state index is 10.2. The Kier molecular flexibility index (Phi) is 3.73. The van der Waals surface area contributed by atoms with E-state index in [2.05, 4.69) is 15.0 Å². The molecule has 0 bridgehead atoms. The van der Waals surface area contributed by atoms with E-state index in [1.807, 2.05) is 30.3 Å². The number of aliphatic hydroxyl groups excluding tert-OH is 3. The van der Waals surface area contributed by atoms with Gasteiger partial charge in [-0.3, -0.25) is 4.57 Å². The number of benzene rings is 1. The highest BCUT2D eigenvalue weighted by Crippen LogP contribution is 2.32. The molecule has 0 aliphatic carbocycles. The van der Waals surface area contributed by atoms with Crippen LogP contribution in [0.4, 0.5) is 0 Å². The van der Waals surface area contributed by atoms with Gasteiger partial charge in [0.15, 0.2) is 11.9 Å². The molecular formula is C16H16N4O4. The van der Waals surface area contributed by atoms with E-state index in [0.717, 1.165) is 5.56 Å². The van der Waals surface area contributed by atoms with E-state index in [4.69, 9.17) is 4.74 Å². The molecule has 4 rings (SSSR count). The quantitative estimate of drug-likeness (QED) is 0.625. The summed E-state index contributed by atoms with van der Waals surface area (Å²) >= 11 is 0. The first-order chi connectivity index (χ1) is 11.7. The first kappa shape index (κ1) is 15.2. The summed E-state index contributed by atoms with van der Waals surface area (Å²) in [6.45, 7) is -0.383. The Morgan fingerprint density at radius 2 is 1.83 bits per heavy atom. The molecule has 3 heterocycles. The molecule has 8 nitrogen and oxygen atoms in total. The van der Waals surface area contributed by atoms with Gasteiger partial charge in [-0.15, -0.1) is 0 Å². The Morgan fingerprint density at radius 1 is 1.04 bits per heavy atom. The van der Waals surface area contributed by atoms with Gasteiger partial charge in [-0.25, -0.2) is 15.0 Å². The van der Waals surface area contributed by atoms with Gasteiger partial charge in [0.25, 0.3) is 0 Å². The lowest BCUT2D eigenvalue weighted by molar-refractivity contribution is -0.0511. The van der Waals surface area contributed by atoms with Crippen LogP contribution in [-0.2, 0) is 4.74 Å². The normalized spacial score (nSPS) is 27.0. The molecule has 0 amide bonds. The van der Waals surface area contributed by atoms with Crippen LogP contribution in [0.2, 0.25) is 0 Å². The molecule has 0 spiro atoms. The van der Waals surface area contributed by atoms with Crippen LogP contribution >= 0.6 is 0 Å². The minimum Gasteiger partial charge on any atom is -0.394 e. The van der Waals surface area contributed by atoms with Crippen LogP contribution < -0.4 is 0 Å². The Morgan fingerprint density at radius 3 is 2.54 bits per heavy atom. The molecule has 0 saturated carbocycles. The van der Waals surface area contributed by atoms with Crippen molar-refractivity contribution in [2.75, 3.05) is 6.61 Å². The van der Waals surface area contributed by atoms with Gasteiger partial charge in [-0.05, 0) is 0 Å². The Balaban J connectivity index is 1.80. The van der Waals surface area contributed by atoms with Crippen molar-refractivity contribution in [2.45, 2.75) is 24.5 Å². The zero-order chi connectivity index (χ0) is 16.7. The van der Waals surface area contributed by atoms with Crippen LogP contribution in [0.3, 0.4) is 0 Å². The third-order valence-corrected chi connectivity index (χ3v) is 4.20. The van der Waals surface area contributed by atoms with E-state index in [1.165, 1.54) is 12.7 Å². The second kappa shape index (κ2) is 5.91. The summed E-state index contributed by atoms with van der Waals surface area (Å²) in [5.41, 5.74) is 2.63. The van der Waals surface area contributed by atoms with E-state index in [1.54, 1.807) is 4.57 Å². The van der Waals surface area contributed by atoms with Crippen LogP contribution in [0.1, 0.15) is 6.23 Å². The number of hydrogen-bond acceptors (Lipinski definition) is 7. The molecule has 4 atom stereocenters. The minimum absolute atomic E-state index is 0.383. The van der Waals surface area contributed by atoms with Gasteiger partial charge < -0.3 is 20.1 Å². The standard InChI is InChI=1S/C16H16N4O4/c21-6-10-13(22)14(23)16(24-10)20-8-19-12-11(17-7-18-15(12)20)9-4-2-1-3-5-9/h1-5,7-8,10,13-14,16,21-23H,6H2/t10-,13-,14-,16-/m0/s1. The van der Waals surface area contributed by atoms with Crippen LogP contribution in [0.25, 0.3) is 22.4 Å². The Hall–Kier alpha value is -2.39. The highest BCUT2D eigenvalue weighted by atomic mass is 16.6. The number of aliphatic hydroxyl groups is 3. The third kappa shape index (κ3) is 2.28. The molecule has 124 valence electrons. The number of imidazole rings is 1. The average molecular weight is 328 g/mol. The van der Waals surface area contributed by atoms with Crippen LogP contribution in [-0.4, -0.2) is 59.8 Å². The first-order valence-corrected chi connectivity index (χ1v) is 7.56. The summed E-state index contributed by atoms with van der Waals surface area (Å²) in [7, 11) is 0. The van der Waals surface area contributed by atoms with Crippen molar-refractivity contribution in [2.24, 2.45) is 0 Å². The van der Waals surface area contributed by atoms with Crippen molar-refractivity contribution in [1.82, 2.24) is 19.5 Å². The third-order valence-electron chi connectivity index (χ3n) is 4.20. The van der Waals surface area contributed by atoms with E-state index < -0.39 is 24.5 Å². The molecule has 8 heteroatoms. The zero-order valence-electron chi connectivity index (χ0n) is 12.6. The van der Waals surface area contributed by atoms with Gasteiger partial charge in [0.05, 0.1) is 12.9 Å². The summed E-state index contributed by atoms with van der Waals surface area (Å²) in [5, 5.41) is 29.4. The van der Waals surface area contributed by atoms with E-state index in [9.17, 15) is 15.3 Å². The monoisotopic (exact) mass is 328 g/mol. The van der Waals surface area contributed by atoms with Gasteiger partial charge in [0.1, 0.15) is 35.8 Å². The molecule has 3 N–H and O–H groups in total. The van der Waals surface area contributed by atoms with E-state index in [0.29, 0.717) is 16.9 Å². The number of rotatable bonds is 3. The molecular weight excluding hydrogens is 312 g/mol. The molecule has 1 aliphatic heterocycles. The predicted octanol–water partition coefficient (Wildman–Crippen LogP) is 0.105. The second-order valence-corrected chi connectivity index (χ2v) is 5.64. The molecule has 2 aromatic heterocycles. The van der Waals surface area contributed by atoms with Gasteiger partial charge in [0.2, 0.25) is 0 Å². The number of aromatic nitrogens is 4. The molecule has 24 heavy (non-hydrogen) atoms. The van der Waals surface area contributed by atoms with Crippen LogP contribution in [0.15, 0.2) is 43.0 Å². The summed E-state index contributed by atoms with van der Waals surface area (Å²) in [6.07, 6.45) is -1.17. The number of fused-ring (bicyclic) bond motifs is 1. The fourth-order valence-electron chi connectivity index (χ4n) is 2.96. The lowest BCUT2D eigenvalue weighted by Gasteiger charge is -2.16. The highest BCUT2D eigenvalue weighted by Gasteiger charge is 2.44. The summed E-state index contributed by atoms with van der Waals surface area (Å²) in [4.78, 5) is 12.9. The molecule has 0 radical (unpaired) electrons. The molecule has 1 aliphatic rings. The van der Waals surface area contributed by atoms with Crippen molar-refractivity contribution in [3.05, 3.63) is 43.0 Å². The highest BCUT2D eigenvalue weighted by molar-refractivity contribution is 5.87. The molecule has 0 unspecified atom stereocenters. The smallest absolute Gasteiger partial charge is 0.166 e. The van der Waals surface area contributed by atoms with E-state index in [-0.39, 0.29) is 6.61 Å². The van der Waals surface area contributed by atoms with Crippen LogP contribution in [0, 0.1) is 0 Å². The number of nitrogens with zero attached hydrogens (tertiary/aromatic N) is 4. The summed E-state index contributed by atoms with van der Waals surface area (Å²) < 4.78 is 7.09. The first-order valence-electron chi connectivity index (χ1n) is 7.56. The average Bonchev–Trinajstić information content (AvgIpc) is 3.17. The summed E-state index contributed by atoms with van der Waals surface area (Å²) in [6, 6.07) is 9.58. The number of hydrogen-bond donors (Lipinski definition) is 3. The fourth-order valence-corrected chi connectivity index (χ4v) is 2.96. The molecule has 3 aromatic rings. The largest absolute Gasteiger partial charge is 0.394 e. The SMILES string of the molecule is OC[C@@H]1O[C@H](n2cnc3c(-c4ccccc4)ncnc32)[C@@H](O)[C@H]1O. The van der Waals surface area contributed by atoms with Crippen molar-refractivity contribution in [1.29, 1.82) is 0 Å². The maximum absolute atomic E-state index is 10.2. The lowest BCUT2D eigenvalue weighted by atomic mass is 10.1. The van der Waals surface area contributed by atoms with Crippen LogP contribution in [0.5, 0.6) is 0 Å². The fraction of sp³-hybridized carbons (Fsp3) is 0.312. The van der Waals surface area contributed by atoms with Crippen molar-refractivity contribution >= 4 is 11.2 Å². The Labute approximate surface area is 137 Å². The lowest BCUT2D eigenvalue weighted by Crippen LogP contribution is -2.33. The van der Waals surface area contributed by atoms with E-state index >= 15 is 0 Å². The number of ether oxygens (including phenoxy) is 1. The topological polar surface area (TPSA) is 114 Å². The zero-order valence-corrected chi connectivity index (χ0v) is 12.6. The van der Waals surface area contributed by atoms with Gasteiger partial charge in [0, 0.05) is 5.56 Å². The van der Waals surface area contributed by atoms with Crippen molar-refractivity contribution in [3.8, 4) is 11.3 Å². The Bertz CT molecular complexity index is 854. The van der Waals surface area contributed by atoms with Crippen molar-refractivity contribution in [3.63, 3.8) is 0 Å². The van der Waals surface area contributed by atoms with Gasteiger partial charge >= 0.3 is 0 Å². The molecule has 1 saturated heterocycles.